The third-order valence-corrected chi connectivity index (χ3v) is 5.31. The van der Waals surface area contributed by atoms with Gasteiger partial charge in [-0.25, -0.2) is 0 Å². The molecule has 0 radical (unpaired) electrons. The molecule has 21 heavy (non-hydrogen) atoms. The zero-order valence-electron chi connectivity index (χ0n) is 11.4. The zero-order valence-corrected chi connectivity index (χ0v) is 14.6. The van der Waals surface area contributed by atoms with Crippen LogP contribution in [0.3, 0.4) is 0 Å². The fourth-order valence-corrected chi connectivity index (χ4v) is 2.61. The molecule has 0 aliphatic carbocycles. The number of aliphatic carboxylic acids is 1. The Morgan fingerprint density at radius 1 is 1.24 bits per heavy atom. The topological polar surface area (TPSA) is 82.2 Å². The molecule has 0 aliphatic rings. The molecular weight excluding hydrogens is 404 g/mol. The van der Waals surface area contributed by atoms with Gasteiger partial charge in [0.25, 0.3) is 5.91 Å². The quantitative estimate of drug-likeness (QED) is 0.711. The van der Waals surface area contributed by atoms with E-state index >= 15 is 0 Å². The molecule has 1 aromatic carbocycles. The Kier molecular flexibility index (Phi) is 4.73. The minimum absolute atomic E-state index is 0.295. The van der Waals surface area contributed by atoms with Crippen molar-refractivity contribution < 1.29 is 14.7 Å². The summed E-state index contributed by atoms with van der Waals surface area (Å²) in [4.78, 5) is 26.3. The molecule has 5 nitrogen and oxygen atoms in total. The minimum Gasteiger partial charge on any atom is -0.481 e. The molecule has 2 rings (SSSR count). The maximum Gasteiger partial charge on any atom is 0.308 e. The second-order valence-electron chi connectivity index (χ2n) is 4.90. The monoisotopic (exact) mass is 416 g/mol. The summed E-state index contributed by atoms with van der Waals surface area (Å²) in [6.45, 7) is 3.24. The highest BCUT2D eigenvalue weighted by atomic mass is 79.9. The summed E-state index contributed by atoms with van der Waals surface area (Å²) >= 11 is 6.81. The van der Waals surface area contributed by atoms with Crippen LogP contribution in [0.1, 0.15) is 24.2 Å². The molecule has 0 fully saturated rings. The summed E-state index contributed by atoms with van der Waals surface area (Å²) in [6.07, 6.45) is 1.62. The van der Waals surface area contributed by atoms with Gasteiger partial charge in [0.05, 0.1) is 11.5 Å². The lowest BCUT2D eigenvalue weighted by molar-refractivity contribution is -0.141. The Labute approximate surface area is 138 Å². The molecular formula is C14H14Br2N2O3. The molecule has 2 unspecified atom stereocenters. The predicted molar refractivity (Wildman–Crippen MR) is 87.4 cm³/mol. The second kappa shape index (κ2) is 6.19. The van der Waals surface area contributed by atoms with Gasteiger partial charge < -0.3 is 15.4 Å². The highest BCUT2D eigenvalue weighted by Gasteiger charge is 2.22. The van der Waals surface area contributed by atoms with Crippen molar-refractivity contribution in [1.82, 2.24) is 10.3 Å². The predicted octanol–water partition coefficient (Wildman–Crippen LogP) is 3.53. The highest BCUT2D eigenvalue weighted by Crippen LogP contribution is 2.30. The van der Waals surface area contributed by atoms with Crippen molar-refractivity contribution >= 4 is 54.6 Å². The van der Waals surface area contributed by atoms with Crippen molar-refractivity contribution in [1.29, 1.82) is 0 Å². The number of carboxylic acids is 1. The largest absolute Gasteiger partial charge is 0.481 e. The standard InChI is InChI=1S/C14H14Br2N2O3/c1-6(14(20)21)7(2)18-13(19)9-5-17-12-4-11(16)10(15)3-8(9)12/h3-7,17H,1-2H3,(H,18,19)(H,20,21). The van der Waals surface area contributed by atoms with Crippen molar-refractivity contribution in [2.24, 2.45) is 5.92 Å². The van der Waals surface area contributed by atoms with Crippen LogP contribution >= 0.6 is 31.9 Å². The number of aromatic nitrogens is 1. The maximum atomic E-state index is 12.3. The molecule has 2 aromatic rings. The van der Waals surface area contributed by atoms with E-state index in [1.807, 2.05) is 12.1 Å². The van der Waals surface area contributed by atoms with Crippen molar-refractivity contribution in [2.75, 3.05) is 0 Å². The lowest BCUT2D eigenvalue weighted by Gasteiger charge is -2.17. The van der Waals surface area contributed by atoms with Crippen LogP contribution in [0.4, 0.5) is 0 Å². The van der Waals surface area contributed by atoms with E-state index in [0.717, 1.165) is 19.8 Å². The number of hydrogen-bond donors (Lipinski definition) is 3. The van der Waals surface area contributed by atoms with Crippen LogP contribution in [0.25, 0.3) is 10.9 Å². The summed E-state index contributed by atoms with van der Waals surface area (Å²) in [6, 6.07) is 3.26. The normalized spacial score (nSPS) is 13.9. The molecule has 112 valence electrons. The van der Waals surface area contributed by atoms with E-state index in [4.69, 9.17) is 5.11 Å². The first kappa shape index (κ1) is 16.0. The van der Waals surface area contributed by atoms with Crippen LogP contribution in [-0.2, 0) is 4.79 Å². The Morgan fingerprint density at radius 2 is 1.86 bits per heavy atom. The third-order valence-electron chi connectivity index (χ3n) is 3.47. The Morgan fingerprint density at radius 3 is 2.48 bits per heavy atom. The average Bonchev–Trinajstić information content (AvgIpc) is 2.81. The number of amides is 1. The molecule has 0 aliphatic heterocycles. The molecule has 0 saturated heterocycles. The van der Waals surface area contributed by atoms with Gasteiger partial charge in [0.15, 0.2) is 0 Å². The average molecular weight is 418 g/mol. The Balaban J connectivity index is 2.28. The smallest absolute Gasteiger partial charge is 0.308 e. The fraction of sp³-hybridized carbons (Fsp3) is 0.286. The molecule has 0 bridgehead atoms. The van der Waals surface area contributed by atoms with E-state index < -0.39 is 17.9 Å². The molecule has 1 heterocycles. The van der Waals surface area contributed by atoms with Gasteiger partial charge in [-0.2, -0.15) is 0 Å². The van der Waals surface area contributed by atoms with Crippen molar-refractivity contribution in [3.05, 3.63) is 32.8 Å². The number of halogens is 2. The number of H-pyrrole nitrogens is 1. The van der Waals surface area contributed by atoms with Crippen LogP contribution in [0, 0.1) is 5.92 Å². The number of rotatable bonds is 4. The number of fused-ring (bicyclic) bond motifs is 1. The SMILES string of the molecule is CC(NC(=O)c1c[nH]c2cc(Br)c(Br)cc12)C(C)C(=O)O. The minimum atomic E-state index is -0.937. The van der Waals surface area contributed by atoms with E-state index in [-0.39, 0.29) is 5.91 Å². The number of benzene rings is 1. The molecule has 7 heteroatoms. The van der Waals surface area contributed by atoms with Gasteiger partial charge >= 0.3 is 5.97 Å². The zero-order chi connectivity index (χ0) is 15.7. The molecule has 0 saturated carbocycles. The van der Waals surface area contributed by atoms with E-state index in [0.29, 0.717) is 5.56 Å². The summed E-state index contributed by atoms with van der Waals surface area (Å²) in [5.41, 5.74) is 1.32. The molecule has 2 atom stereocenters. The van der Waals surface area contributed by atoms with Gasteiger partial charge in [0, 0.05) is 32.1 Å². The lowest BCUT2D eigenvalue weighted by Crippen LogP contribution is -2.39. The summed E-state index contributed by atoms with van der Waals surface area (Å²) in [5.74, 6) is -1.88. The van der Waals surface area contributed by atoms with Crippen molar-refractivity contribution in [3.8, 4) is 0 Å². The van der Waals surface area contributed by atoms with E-state index in [9.17, 15) is 9.59 Å². The lowest BCUT2D eigenvalue weighted by atomic mass is 10.0. The number of hydrogen-bond acceptors (Lipinski definition) is 2. The van der Waals surface area contributed by atoms with E-state index in [1.165, 1.54) is 0 Å². The molecule has 0 spiro atoms. The number of nitrogens with one attached hydrogen (secondary N) is 2. The Bertz CT molecular complexity index is 712. The van der Waals surface area contributed by atoms with Crippen molar-refractivity contribution in [3.63, 3.8) is 0 Å². The maximum absolute atomic E-state index is 12.3. The first-order valence-electron chi connectivity index (χ1n) is 6.31. The van der Waals surface area contributed by atoms with Crippen LogP contribution in [0.15, 0.2) is 27.3 Å². The van der Waals surface area contributed by atoms with E-state index in [2.05, 4.69) is 42.2 Å². The molecule has 3 N–H and O–H groups in total. The number of carbonyl (C=O) groups excluding carboxylic acids is 1. The molecule has 1 amide bonds. The fourth-order valence-electron chi connectivity index (χ4n) is 1.93. The first-order chi connectivity index (χ1) is 9.81. The van der Waals surface area contributed by atoms with Crippen LogP contribution < -0.4 is 5.32 Å². The van der Waals surface area contributed by atoms with Gasteiger partial charge in [-0.05, 0) is 57.8 Å². The Hall–Kier alpha value is -1.34. The second-order valence-corrected chi connectivity index (χ2v) is 6.61. The van der Waals surface area contributed by atoms with Gasteiger partial charge in [-0.15, -0.1) is 0 Å². The van der Waals surface area contributed by atoms with Gasteiger partial charge in [-0.3, -0.25) is 9.59 Å². The number of carboxylic acid groups (broad SMARTS) is 1. The summed E-state index contributed by atoms with van der Waals surface area (Å²) < 4.78 is 1.73. The van der Waals surface area contributed by atoms with E-state index in [1.54, 1.807) is 20.0 Å². The van der Waals surface area contributed by atoms with Crippen LogP contribution in [-0.4, -0.2) is 28.0 Å². The van der Waals surface area contributed by atoms with Crippen LogP contribution in [0.5, 0.6) is 0 Å². The molecule has 1 aromatic heterocycles. The highest BCUT2D eigenvalue weighted by molar-refractivity contribution is 9.13. The number of carbonyl (C=O) groups is 2. The first-order valence-corrected chi connectivity index (χ1v) is 7.89. The van der Waals surface area contributed by atoms with Gasteiger partial charge in [0.1, 0.15) is 0 Å². The van der Waals surface area contributed by atoms with Gasteiger partial charge in [0.2, 0.25) is 0 Å². The third kappa shape index (κ3) is 3.29. The van der Waals surface area contributed by atoms with Crippen molar-refractivity contribution in [2.45, 2.75) is 19.9 Å². The van der Waals surface area contributed by atoms with Gasteiger partial charge in [-0.1, -0.05) is 0 Å². The summed E-state index contributed by atoms with van der Waals surface area (Å²) in [5, 5.41) is 12.5. The number of aromatic amines is 1. The van der Waals surface area contributed by atoms with Crippen LogP contribution in [0.2, 0.25) is 0 Å². The summed E-state index contributed by atoms with van der Waals surface area (Å²) in [7, 11) is 0.